The average Bonchev–Trinajstić information content (AvgIpc) is 2.99. The summed E-state index contributed by atoms with van der Waals surface area (Å²) in [4.78, 5) is 25.9. The molecule has 2 saturated heterocycles. The van der Waals surface area contributed by atoms with E-state index >= 15 is 8.78 Å². The predicted octanol–water partition coefficient (Wildman–Crippen LogP) is 4.25. The second kappa shape index (κ2) is 11.5. The molecule has 0 aliphatic carbocycles. The van der Waals surface area contributed by atoms with Gasteiger partial charge in [0.2, 0.25) is 0 Å². The molecule has 11 heteroatoms. The zero-order valence-electron chi connectivity index (χ0n) is 23.1. The number of hydrogen-bond acceptors (Lipinski definition) is 7. The predicted molar refractivity (Wildman–Crippen MR) is 156 cm³/mol. The Morgan fingerprint density at radius 3 is 2.36 bits per heavy atom. The van der Waals surface area contributed by atoms with Crippen LogP contribution in [0, 0.1) is 18.6 Å². The minimum absolute atomic E-state index is 0.00363. The van der Waals surface area contributed by atoms with Gasteiger partial charge >= 0.3 is 0 Å². The summed E-state index contributed by atoms with van der Waals surface area (Å²) in [6.07, 6.45) is 1.65. The SMILES string of the molecule is Cc1cc(-c2cnc3cccc(-c4cc(F)c(CN5CCS(=O)(=O)CC5)c(F)c4)c3n2)ccc1C(=O)N1CCOCC1. The first-order valence-electron chi connectivity index (χ1n) is 13.8. The quantitative estimate of drug-likeness (QED) is 0.342. The molecule has 42 heavy (non-hydrogen) atoms. The van der Waals surface area contributed by atoms with Crippen LogP contribution in [0.3, 0.4) is 0 Å². The van der Waals surface area contributed by atoms with Crippen molar-refractivity contribution in [3.05, 3.63) is 83.1 Å². The van der Waals surface area contributed by atoms with Crippen LogP contribution in [0.4, 0.5) is 8.78 Å². The number of rotatable bonds is 5. The van der Waals surface area contributed by atoms with E-state index < -0.39 is 21.5 Å². The van der Waals surface area contributed by atoms with Gasteiger partial charge in [-0.05, 0) is 48.4 Å². The Morgan fingerprint density at radius 1 is 0.952 bits per heavy atom. The van der Waals surface area contributed by atoms with Gasteiger partial charge in [-0.15, -0.1) is 0 Å². The van der Waals surface area contributed by atoms with Gasteiger partial charge in [-0.25, -0.2) is 22.2 Å². The molecular weight excluding hydrogens is 562 g/mol. The Bertz CT molecular complexity index is 1750. The first kappa shape index (κ1) is 28.3. The molecule has 1 aromatic heterocycles. The summed E-state index contributed by atoms with van der Waals surface area (Å²) >= 11 is 0. The van der Waals surface area contributed by atoms with Crippen LogP contribution >= 0.6 is 0 Å². The second-order valence-electron chi connectivity index (χ2n) is 10.7. The molecule has 2 aliphatic heterocycles. The smallest absolute Gasteiger partial charge is 0.254 e. The van der Waals surface area contributed by atoms with Crippen LogP contribution in [-0.4, -0.2) is 85.0 Å². The number of aryl methyl sites for hydroxylation is 1. The van der Waals surface area contributed by atoms with Crippen molar-refractivity contribution in [2.75, 3.05) is 50.9 Å². The molecule has 0 unspecified atom stereocenters. The van der Waals surface area contributed by atoms with Crippen molar-refractivity contribution < 1.29 is 26.7 Å². The maximum Gasteiger partial charge on any atom is 0.254 e. The number of benzene rings is 3. The minimum atomic E-state index is -3.09. The molecule has 6 rings (SSSR count). The lowest BCUT2D eigenvalue weighted by Gasteiger charge is -2.27. The molecule has 0 spiro atoms. The summed E-state index contributed by atoms with van der Waals surface area (Å²) < 4.78 is 59.3. The molecule has 2 aliphatic rings. The third kappa shape index (κ3) is 5.77. The van der Waals surface area contributed by atoms with Crippen LogP contribution in [0.5, 0.6) is 0 Å². The Kier molecular flexibility index (Phi) is 7.73. The summed E-state index contributed by atoms with van der Waals surface area (Å²) in [6, 6.07) is 13.4. The highest BCUT2D eigenvalue weighted by Gasteiger charge is 2.24. The minimum Gasteiger partial charge on any atom is -0.378 e. The highest BCUT2D eigenvalue weighted by molar-refractivity contribution is 7.91. The number of amides is 1. The number of morpholine rings is 1. The molecule has 8 nitrogen and oxygen atoms in total. The molecule has 4 aromatic rings. The van der Waals surface area contributed by atoms with Crippen molar-refractivity contribution >= 4 is 26.8 Å². The normalized spacial score (nSPS) is 17.5. The number of para-hydroxylation sites is 1. The highest BCUT2D eigenvalue weighted by atomic mass is 32.2. The lowest BCUT2D eigenvalue weighted by molar-refractivity contribution is 0.0302. The van der Waals surface area contributed by atoms with Gasteiger partial charge in [-0.1, -0.05) is 18.2 Å². The van der Waals surface area contributed by atoms with E-state index in [1.54, 1.807) is 40.3 Å². The van der Waals surface area contributed by atoms with Gasteiger partial charge in [0.05, 0.1) is 47.6 Å². The highest BCUT2D eigenvalue weighted by Crippen LogP contribution is 2.32. The molecule has 218 valence electrons. The lowest BCUT2D eigenvalue weighted by atomic mass is 10.00. The molecule has 0 N–H and O–H groups in total. The fourth-order valence-electron chi connectivity index (χ4n) is 5.45. The number of halogens is 2. The summed E-state index contributed by atoms with van der Waals surface area (Å²) in [7, 11) is -3.09. The summed E-state index contributed by atoms with van der Waals surface area (Å²) in [5.74, 6) is -1.46. The second-order valence-corrected chi connectivity index (χ2v) is 13.0. The Balaban J connectivity index is 1.30. The van der Waals surface area contributed by atoms with Gasteiger partial charge in [0.1, 0.15) is 11.6 Å². The van der Waals surface area contributed by atoms with Crippen LogP contribution < -0.4 is 0 Å². The topological polar surface area (TPSA) is 92.7 Å². The van der Waals surface area contributed by atoms with Crippen LogP contribution in [0.1, 0.15) is 21.5 Å². The molecule has 2 fully saturated rings. The van der Waals surface area contributed by atoms with E-state index in [1.807, 2.05) is 19.1 Å². The number of sulfone groups is 1. The van der Waals surface area contributed by atoms with Gasteiger partial charge in [-0.2, -0.15) is 0 Å². The van der Waals surface area contributed by atoms with E-state index in [-0.39, 0.29) is 42.6 Å². The van der Waals surface area contributed by atoms with Crippen molar-refractivity contribution in [3.8, 4) is 22.4 Å². The number of hydrogen-bond donors (Lipinski definition) is 0. The van der Waals surface area contributed by atoms with Gasteiger partial charge in [-0.3, -0.25) is 14.7 Å². The van der Waals surface area contributed by atoms with E-state index in [0.29, 0.717) is 59.7 Å². The Labute approximate surface area is 242 Å². The molecule has 0 saturated carbocycles. The lowest BCUT2D eigenvalue weighted by Crippen LogP contribution is -2.40. The van der Waals surface area contributed by atoms with Crippen LogP contribution in [0.2, 0.25) is 0 Å². The van der Waals surface area contributed by atoms with Gasteiger partial charge in [0, 0.05) is 55.0 Å². The fourth-order valence-corrected chi connectivity index (χ4v) is 6.72. The van der Waals surface area contributed by atoms with Gasteiger partial charge < -0.3 is 9.64 Å². The number of ether oxygens (including phenoxy) is 1. The van der Waals surface area contributed by atoms with Gasteiger partial charge in [0.15, 0.2) is 9.84 Å². The van der Waals surface area contributed by atoms with E-state index in [1.165, 1.54) is 12.1 Å². The first-order chi connectivity index (χ1) is 20.2. The summed E-state index contributed by atoms with van der Waals surface area (Å²) in [6.45, 7) is 4.54. The number of aromatic nitrogens is 2. The maximum absolute atomic E-state index is 15.3. The van der Waals surface area contributed by atoms with Crippen LogP contribution in [-0.2, 0) is 21.1 Å². The molecule has 0 radical (unpaired) electrons. The van der Waals surface area contributed by atoms with E-state index in [0.717, 1.165) is 11.1 Å². The molecule has 0 atom stereocenters. The monoisotopic (exact) mass is 592 g/mol. The maximum atomic E-state index is 15.3. The van der Waals surface area contributed by atoms with Crippen molar-refractivity contribution in [2.45, 2.75) is 13.5 Å². The summed E-state index contributed by atoms with van der Waals surface area (Å²) in [5, 5.41) is 0. The molecule has 0 bridgehead atoms. The fraction of sp³-hybridized carbons (Fsp3) is 0.323. The van der Waals surface area contributed by atoms with Crippen molar-refractivity contribution in [3.63, 3.8) is 0 Å². The third-order valence-corrected chi connectivity index (χ3v) is 9.50. The largest absolute Gasteiger partial charge is 0.378 e. The van der Waals surface area contributed by atoms with E-state index in [2.05, 4.69) is 4.98 Å². The average molecular weight is 593 g/mol. The number of fused-ring (bicyclic) bond motifs is 1. The van der Waals surface area contributed by atoms with Crippen LogP contribution in [0.15, 0.2) is 54.7 Å². The zero-order valence-corrected chi connectivity index (χ0v) is 24.0. The van der Waals surface area contributed by atoms with Crippen molar-refractivity contribution in [1.82, 2.24) is 19.8 Å². The molecule has 1 amide bonds. The Hall–Kier alpha value is -3.80. The van der Waals surface area contributed by atoms with E-state index in [4.69, 9.17) is 9.72 Å². The van der Waals surface area contributed by atoms with Crippen molar-refractivity contribution in [1.29, 1.82) is 0 Å². The molecular formula is C31H30F2N4O4S. The number of carbonyl (C=O) groups is 1. The standard InChI is InChI=1S/C31H30F2N4O4S/c1-20-15-21(5-6-23(20)31(38)37-7-11-41-12-8-37)29-18-34-28-4-2-3-24(30(28)35-29)22-16-26(32)25(27(33)17-22)19-36-9-13-42(39,40)14-10-36/h2-6,15-18H,7-14,19H2,1H3. The van der Waals surface area contributed by atoms with E-state index in [9.17, 15) is 13.2 Å². The Morgan fingerprint density at radius 2 is 1.67 bits per heavy atom. The number of nitrogens with zero attached hydrogens (tertiary/aromatic N) is 4. The first-order valence-corrected chi connectivity index (χ1v) is 15.7. The van der Waals surface area contributed by atoms with Crippen LogP contribution in [0.25, 0.3) is 33.4 Å². The van der Waals surface area contributed by atoms with Crippen molar-refractivity contribution in [2.24, 2.45) is 0 Å². The molecule has 3 aromatic carbocycles. The van der Waals surface area contributed by atoms with Gasteiger partial charge in [0.25, 0.3) is 5.91 Å². The zero-order chi connectivity index (χ0) is 29.4. The summed E-state index contributed by atoms with van der Waals surface area (Å²) in [5.41, 5.74) is 4.61. The molecule has 3 heterocycles. The number of carbonyl (C=O) groups excluding carboxylic acids is 1. The third-order valence-electron chi connectivity index (χ3n) is 7.89.